The Balaban J connectivity index is 1.71. The monoisotopic (exact) mass is 267 g/mol. The van der Waals surface area contributed by atoms with Crippen molar-refractivity contribution in [2.75, 3.05) is 6.54 Å². The normalized spacial score (nSPS) is 31.4. The molecule has 1 heterocycles. The van der Waals surface area contributed by atoms with Crippen LogP contribution in [0.25, 0.3) is 0 Å². The molecule has 1 aliphatic heterocycles. The van der Waals surface area contributed by atoms with Gasteiger partial charge in [0, 0.05) is 11.6 Å². The summed E-state index contributed by atoms with van der Waals surface area (Å²) in [5.41, 5.74) is 0.0725. The molecule has 104 valence electrons. The number of benzene rings is 1. The molecule has 1 aromatic rings. The van der Waals surface area contributed by atoms with Crippen LogP contribution in [0.2, 0.25) is 0 Å². The van der Waals surface area contributed by atoms with E-state index in [1.807, 2.05) is 0 Å². The van der Waals surface area contributed by atoms with E-state index in [1.165, 1.54) is 19.3 Å². The summed E-state index contributed by atoms with van der Waals surface area (Å²) in [5, 5.41) is 13.6. The Morgan fingerprint density at radius 3 is 3.00 bits per heavy atom. The third kappa shape index (κ3) is 2.51. The smallest absolute Gasteiger partial charge is 0.129 e. The number of hydrogen-bond donors (Lipinski definition) is 2. The van der Waals surface area contributed by atoms with Gasteiger partial charge < -0.3 is 10.4 Å². The Morgan fingerprint density at radius 1 is 1.32 bits per heavy atom. The second-order valence-electron chi connectivity index (χ2n) is 5.79. The summed E-state index contributed by atoms with van der Waals surface area (Å²) < 4.78 is 26.8. The van der Waals surface area contributed by atoms with Crippen LogP contribution in [-0.2, 0) is 0 Å². The lowest BCUT2D eigenvalue weighted by Gasteiger charge is -2.22. The van der Waals surface area contributed by atoms with E-state index in [-0.39, 0.29) is 11.6 Å². The molecule has 0 radical (unpaired) electrons. The van der Waals surface area contributed by atoms with Gasteiger partial charge in [0.2, 0.25) is 0 Å². The van der Waals surface area contributed by atoms with Crippen LogP contribution in [-0.4, -0.2) is 17.7 Å². The molecule has 1 aromatic carbocycles. The minimum atomic E-state index is -0.937. The predicted molar refractivity (Wildman–Crippen MR) is 68.6 cm³/mol. The number of fused-ring (bicyclic) bond motifs is 1. The second-order valence-corrected chi connectivity index (χ2v) is 5.79. The van der Waals surface area contributed by atoms with E-state index in [0.717, 1.165) is 24.7 Å². The molecule has 2 N–H and O–H groups in total. The quantitative estimate of drug-likeness (QED) is 0.882. The van der Waals surface area contributed by atoms with Crippen LogP contribution in [0.1, 0.15) is 37.4 Å². The molecule has 4 atom stereocenters. The fourth-order valence-electron chi connectivity index (χ4n) is 3.70. The van der Waals surface area contributed by atoms with Crippen LogP contribution in [0, 0.1) is 23.5 Å². The third-order valence-corrected chi connectivity index (χ3v) is 4.67. The first-order valence-electron chi connectivity index (χ1n) is 7.01. The first-order chi connectivity index (χ1) is 9.15. The van der Waals surface area contributed by atoms with Crippen LogP contribution < -0.4 is 5.32 Å². The van der Waals surface area contributed by atoms with E-state index < -0.39 is 17.7 Å². The van der Waals surface area contributed by atoms with Crippen molar-refractivity contribution < 1.29 is 13.9 Å². The Morgan fingerprint density at radius 2 is 2.16 bits per heavy atom. The van der Waals surface area contributed by atoms with Gasteiger partial charge in [0.25, 0.3) is 0 Å². The van der Waals surface area contributed by atoms with Crippen molar-refractivity contribution in [3.63, 3.8) is 0 Å². The Kier molecular flexibility index (Phi) is 3.54. The second kappa shape index (κ2) is 5.17. The summed E-state index contributed by atoms with van der Waals surface area (Å²) in [4.78, 5) is 0. The molecular formula is C15H19F2NO. The molecule has 3 rings (SSSR count). The van der Waals surface area contributed by atoms with Crippen molar-refractivity contribution in [3.8, 4) is 0 Å². The van der Waals surface area contributed by atoms with Crippen molar-refractivity contribution in [1.82, 2.24) is 5.32 Å². The first kappa shape index (κ1) is 13.0. The molecule has 2 aliphatic rings. The molecule has 1 aliphatic carbocycles. The maximum Gasteiger partial charge on any atom is 0.129 e. The molecule has 4 heteroatoms. The highest BCUT2D eigenvalue weighted by Gasteiger charge is 2.39. The lowest BCUT2D eigenvalue weighted by Crippen LogP contribution is -2.29. The summed E-state index contributed by atoms with van der Waals surface area (Å²) in [6.45, 7) is 0.994. The SMILES string of the molecule is OC(CC1NCC2CCCC21)c1cc(F)ccc1F. The molecule has 1 saturated carbocycles. The minimum absolute atomic E-state index is 0.0725. The average Bonchev–Trinajstić information content (AvgIpc) is 2.97. The van der Waals surface area contributed by atoms with Crippen LogP contribution in [0.5, 0.6) is 0 Å². The molecule has 0 aromatic heterocycles. The predicted octanol–water partition coefficient (Wildman–Crippen LogP) is 2.78. The van der Waals surface area contributed by atoms with E-state index in [1.54, 1.807) is 0 Å². The Hall–Kier alpha value is -1.00. The molecular weight excluding hydrogens is 248 g/mol. The van der Waals surface area contributed by atoms with Crippen LogP contribution in [0.4, 0.5) is 8.78 Å². The molecule has 0 spiro atoms. The standard InChI is InChI=1S/C15H19F2NO/c16-10-4-5-13(17)12(6-10)15(19)7-14-11-3-1-2-9(11)8-18-14/h4-6,9,11,14-15,18-19H,1-3,7-8H2. The van der Waals surface area contributed by atoms with E-state index in [2.05, 4.69) is 5.32 Å². The van der Waals surface area contributed by atoms with Crippen molar-refractivity contribution in [2.45, 2.75) is 37.8 Å². The zero-order valence-corrected chi connectivity index (χ0v) is 10.8. The molecule has 19 heavy (non-hydrogen) atoms. The highest BCUT2D eigenvalue weighted by molar-refractivity contribution is 5.21. The van der Waals surface area contributed by atoms with Crippen LogP contribution in [0.15, 0.2) is 18.2 Å². The van der Waals surface area contributed by atoms with Crippen molar-refractivity contribution >= 4 is 0 Å². The van der Waals surface area contributed by atoms with E-state index in [4.69, 9.17) is 0 Å². The zero-order chi connectivity index (χ0) is 13.4. The van der Waals surface area contributed by atoms with Gasteiger partial charge >= 0.3 is 0 Å². The third-order valence-electron chi connectivity index (χ3n) is 4.67. The summed E-state index contributed by atoms with van der Waals surface area (Å²) in [5.74, 6) is 0.254. The number of aliphatic hydroxyl groups is 1. The lowest BCUT2D eigenvalue weighted by molar-refractivity contribution is 0.140. The number of rotatable bonds is 3. The van der Waals surface area contributed by atoms with Crippen molar-refractivity contribution in [1.29, 1.82) is 0 Å². The maximum absolute atomic E-state index is 13.6. The highest BCUT2D eigenvalue weighted by atomic mass is 19.1. The van der Waals surface area contributed by atoms with Gasteiger partial charge in [-0.15, -0.1) is 0 Å². The number of nitrogens with one attached hydrogen (secondary N) is 1. The average molecular weight is 267 g/mol. The number of hydrogen-bond acceptors (Lipinski definition) is 2. The maximum atomic E-state index is 13.6. The molecule has 0 amide bonds. The number of halogens is 2. The molecule has 1 saturated heterocycles. The summed E-state index contributed by atoms with van der Waals surface area (Å²) in [7, 11) is 0. The van der Waals surface area contributed by atoms with Crippen LogP contribution >= 0.6 is 0 Å². The van der Waals surface area contributed by atoms with Gasteiger partial charge in [-0.1, -0.05) is 6.42 Å². The topological polar surface area (TPSA) is 32.3 Å². The van der Waals surface area contributed by atoms with Gasteiger partial charge in [0.15, 0.2) is 0 Å². The van der Waals surface area contributed by atoms with E-state index in [0.29, 0.717) is 18.3 Å². The largest absolute Gasteiger partial charge is 0.388 e. The van der Waals surface area contributed by atoms with Crippen molar-refractivity contribution in [2.24, 2.45) is 11.8 Å². The highest BCUT2D eigenvalue weighted by Crippen LogP contribution is 2.40. The van der Waals surface area contributed by atoms with Gasteiger partial charge in [-0.3, -0.25) is 0 Å². The van der Waals surface area contributed by atoms with Gasteiger partial charge in [0.05, 0.1) is 6.10 Å². The van der Waals surface area contributed by atoms with Gasteiger partial charge in [-0.2, -0.15) is 0 Å². The molecule has 2 nitrogen and oxygen atoms in total. The fraction of sp³-hybridized carbons (Fsp3) is 0.600. The minimum Gasteiger partial charge on any atom is -0.388 e. The summed E-state index contributed by atoms with van der Waals surface area (Å²) >= 11 is 0. The fourth-order valence-corrected chi connectivity index (χ4v) is 3.70. The van der Waals surface area contributed by atoms with Gasteiger partial charge in [-0.25, -0.2) is 8.78 Å². The zero-order valence-electron chi connectivity index (χ0n) is 10.8. The van der Waals surface area contributed by atoms with Crippen molar-refractivity contribution in [3.05, 3.63) is 35.4 Å². The van der Waals surface area contributed by atoms with E-state index in [9.17, 15) is 13.9 Å². The first-order valence-corrected chi connectivity index (χ1v) is 7.01. The van der Waals surface area contributed by atoms with Crippen LogP contribution in [0.3, 0.4) is 0 Å². The Bertz CT molecular complexity index is 465. The molecule has 2 fully saturated rings. The lowest BCUT2D eigenvalue weighted by atomic mass is 9.89. The molecule has 0 bridgehead atoms. The Labute approximate surface area is 111 Å². The number of aliphatic hydroxyl groups excluding tert-OH is 1. The van der Waals surface area contributed by atoms with E-state index >= 15 is 0 Å². The van der Waals surface area contributed by atoms with Gasteiger partial charge in [0.1, 0.15) is 11.6 Å². The summed E-state index contributed by atoms with van der Waals surface area (Å²) in [6.07, 6.45) is 3.20. The van der Waals surface area contributed by atoms with Gasteiger partial charge in [-0.05, 0) is 55.8 Å². The molecule has 4 unspecified atom stereocenters. The summed E-state index contributed by atoms with van der Waals surface area (Å²) in [6, 6.07) is 3.48.